The molecule has 30 heavy (non-hydrogen) atoms. The summed E-state index contributed by atoms with van der Waals surface area (Å²) in [7, 11) is 0. The van der Waals surface area contributed by atoms with Gasteiger partial charge in [0.15, 0.2) is 0 Å². The summed E-state index contributed by atoms with van der Waals surface area (Å²) in [6.07, 6.45) is 2.63. The Kier molecular flexibility index (Phi) is 6.20. The van der Waals surface area contributed by atoms with Gasteiger partial charge in [-0.3, -0.25) is 0 Å². The number of phenolic OH excluding ortho intramolecular Hbond substituents is 1. The molecular weight excluding hydrogens is 390 g/mol. The van der Waals surface area contributed by atoms with Gasteiger partial charge in [0.25, 0.3) is 0 Å². The highest BCUT2D eigenvalue weighted by molar-refractivity contribution is 7.09. The fourth-order valence-electron chi connectivity index (χ4n) is 3.35. The molecule has 4 aromatic rings. The Labute approximate surface area is 180 Å². The van der Waals surface area contributed by atoms with E-state index < -0.39 is 0 Å². The van der Waals surface area contributed by atoms with Crippen molar-refractivity contribution in [2.75, 3.05) is 0 Å². The largest absolute Gasteiger partial charge is 0.508 e. The normalized spacial score (nSPS) is 12.0. The van der Waals surface area contributed by atoms with Gasteiger partial charge in [0, 0.05) is 11.4 Å². The summed E-state index contributed by atoms with van der Waals surface area (Å²) in [5.41, 5.74) is 4.56. The van der Waals surface area contributed by atoms with Crippen molar-refractivity contribution in [2.45, 2.75) is 19.9 Å². The van der Waals surface area contributed by atoms with Crippen LogP contribution in [-0.4, -0.2) is 15.9 Å². The van der Waals surface area contributed by atoms with Crippen molar-refractivity contribution in [1.29, 1.82) is 0 Å². The fourth-order valence-corrected chi connectivity index (χ4v) is 4.33. The molecule has 0 radical (unpaired) electrons. The van der Waals surface area contributed by atoms with E-state index in [1.807, 2.05) is 24.3 Å². The van der Waals surface area contributed by atoms with Crippen LogP contribution in [0.1, 0.15) is 16.0 Å². The second-order valence-electron chi connectivity index (χ2n) is 6.98. The third-order valence-electron chi connectivity index (χ3n) is 4.84. The van der Waals surface area contributed by atoms with Crippen LogP contribution in [0.5, 0.6) is 5.75 Å². The van der Waals surface area contributed by atoms with Crippen molar-refractivity contribution in [3.63, 3.8) is 0 Å². The molecule has 3 aromatic carbocycles. The standard InChI is InChI=1S/C25H23N3OS/c1-19-24(22-10-6-3-7-11-22)28(17-16-20-8-4-2-5-9-20)25(30-19)27-26-18-21-12-14-23(29)15-13-21/h2-15,18,29H,16-17H2,1H3/b26-18+,27-25?. The Balaban J connectivity index is 1.70. The number of aromatic hydroxyl groups is 1. The molecule has 0 fully saturated rings. The van der Waals surface area contributed by atoms with Gasteiger partial charge in [0.1, 0.15) is 5.75 Å². The highest BCUT2D eigenvalue weighted by Crippen LogP contribution is 2.25. The first-order valence-corrected chi connectivity index (χ1v) is 10.7. The van der Waals surface area contributed by atoms with Crippen LogP contribution in [0.25, 0.3) is 11.3 Å². The van der Waals surface area contributed by atoms with Gasteiger partial charge in [0.2, 0.25) is 4.80 Å². The molecule has 0 aliphatic carbocycles. The Morgan fingerprint density at radius 2 is 1.57 bits per heavy atom. The lowest BCUT2D eigenvalue weighted by atomic mass is 10.1. The second-order valence-corrected chi connectivity index (χ2v) is 8.16. The Bertz CT molecular complexity index is 1190. The van der Waals surface area contributed by atoms with Crippen LogP contribution in [-0.2, 0) is 13.0 Å². The average molecular weight is 414 g/mol. The first-order chi connectivity index (χ1) is 14.7. The Morgan fingerprint density at radius 1 is 0.900 bits per heavy atom. The minimum atomic E-state index is 0.240. The smallest absolute Gasteiger partial charge is 0.211 e. The summed E-state index contributed by atoms with van der Waals surface area (Å²) in [6.45, 7) is 2.96. The van der Waals surface area contributed by atoms with Crippen LogP contribution < -0.4 is 4.80 Å². The zero-order chi connectivity index (χ0) is 20.8. The molecule has 0 bridgehead atoms. The SMILES string of the molecule is Cc1sc(=N/N=C/c2ccc(O)cc2)n(CCc2ccccc2)c1-c1ccccc1. The second kappa shape index (κ2) is 9.37. The van der Waals surface area contributed by atoms with Gasteiger partial charge in [-0.15, -0.1) is 5.10 Å². The van der Waals surface area contributed by atoms with Crippen molar-refractivity contribution >= 4 is 17.6 Å². The molecular formula is C25H23N3OS. The van der Waals surface area contributed by atoms with Gasteiger partial charge in [-0.2, -0.15) is 5.10 Å². The van der Waals surface area contributed by atoms with Crippen LogP contribution in [0.3, 0.4) is 0 Å². The van der Waals surface area contributed by atoms with E-state index in [-0.39, 0.29) is 5.75 Å². The van der Waals surface area contributed by atoms with Crippen molar-refractivity contribution in [3.8, 4) is 17.0 Å². The van der Waals surface area contributed by atoms with E-state index in [1.54, 1.807) is 29.7 Å². The predicted octanol–water partition coefficient (Wildman–Crippen LogP) is 5.41. The first-order valence-electron chi connectivity index (χ1n) is 9.86. The lowest BCUT2D eigenvalue weighted by Crippen LogP contribution is -2.17. The molecule has 0 aliphatic heterocycles. The quantitative estimate of drug-likeness (QED) is 0.334. The molecule has 0 atom stereocenters. The molecule has 150 valence electrons. The van der Waals surface area contributed by atoms with Crippen LogP contribution in [0.2, 0.25) is 0 Å². The summed E-state index contributed by atoms with van der Waals surface area (Å²) < 4.78 is 2.26. The van der Waals surface area contributed by atoms with Gasteiger partial charge in [-0.25, -0.2) is 0 Å². The predicted molar refractivity (Wildman–Crippen MR) is 124 cm³/mol. The summed E-state index contributed by atoms with van der Waals surface area (Å²) >= 11 is 1.65. The van der Waals surface area contributed by atoms with E-state index in [4.69, 9.17) is 0 Å². The molecule has 0 saturated carbocycles. The molecule has 0 spiro atoms. The zero-order valence-corrected chi connectivity index (χ0v) is 17.6. The summed E-state index contributed by atoms with van der Waals surface area (Å²) in [5, 5.41) is 18.3. The number of aromatic nitrogens is 1. The van der Waals surface area contributed by atoms with E-state index in [0.717, 1.165) is 23.3 Å². The lowest BCUT2D eigenvalue weighted by molar-refractivity contribution is 0.475. The topological polar surface area (TPSA) is 49.9 Å². The number of phenols is 1. The van der Waals surface area contributed by atoms with E-state index >= 15 is 0 Å². The maximum Gasteiger partial charge on any atom is 0.211 e. The average Bonchev–Trinajstić information content (AvgIpc) is 3.10. The van der Waals surface area contributed by atoms with E-state index in [2.05, 4.69) is 70.2 Å². The van der Waals surface area contributed by atoms with Crippen molar-refractivity contribution in [2.24, 2.45) is 10.2 Å². The summed E-state index contributed by atoms with van der Waals surface area (Å²) in [4.78, 5) is 2.09. The molecule has 1 heterocycles. The van der Waals surface area contributed by atoms with Crippen LogP contribution in [0, 0.1) is 6.92 Å². The molecule has 5 heteroatoms. The fraction of sp³-hybridized carbons (Fsp3) is 0.120. The molecule has 4 rings (SSSR count). The third-order valence-corrected chi connectivity index (χ3v) is 5.82. The van der Waals surface area contributed by atoms with Gasteiger partial charge in [-0.05, 0) is 54.3 Å². The van der Waals surface area contributed by atoms with E-state index in [9.17, 15) is 5.11 Å². The van der Waals surface area contributed by atoms with Crippen LogP contribution in [0.15, 0.2) is 95.1 Å². The van der Waals surface area contributed by atoms with Gasteiger partial charge < -0.3 is 9.67 Å². The number of aryl methyl sites for hydroxylation is 2. The minimum Gasteiger partial charge on any atom is -0.508 e. The Morgan fingerprint density at radius 3 is 2.27 bits per heavy atom. The molecule has 0 saturated heterocycles. The lowest BCUT2D eigenvalue weighted by Gasteiger charge is -2.10. The maximum atomic E-state index is 9.42. The van der Waals surface area contributed by atoms with Gasteiger partial charge >= 0.3 is 0 Å². The number of hydrogen-bond acceptors (Lipinski definition) is 4. The number of thiazole rings is 1. The van der Waals surface area contributed by atoms with Crippen molar-refractivity contribution < 1.29 is 5.11 Å². The number of hydrogen-bond donors (Lipinski definition) is 1. The Hall–Kier alpha value is -3.44. The van der Waals surface area contributed by atoms with Gasteiger partial charge in [0.05, 0.1) is 11.9 Å². The van der Waals surface area contributed by atoms with Crippen LogP contribution in [0.4, 0.5) is 0 Å². The van der Waals surface area contributed by atoms with Gasteiger partial charge in [-0.1, -0.05) is 72.0 Å². The summed E-state index contributed by atoms with van der Waals surface area (Å²) in [5.74, 6) is 0.240. The molecule has 1 aromatic heterocycles. The van der Waals surface area contributed by atoms with Crippen molar-refractivity contribution in [3.05, 3.63) is 106 Å². The van der Waals surface area contributed by atoms with Crippen molar-refractivity contribution in [1.82, 2.24) is 4.57 Å². The maximum absolute atomic E-state index is 9.42. The zero-order valence-electron chi connectivity index (χ0n) is 16.8. The number of benzene rings is 3. The number of nitrogens with zero attached hydrogens (tertiary/aromatic N) is 3. The highest BCUT2D eigenvalue weighted by atomic mass is 32.1. The summed E-state index contributed by atoms with van der Waals surface area (Å²) in [6, 6.07) is 27.8. The monoisotopic (exact) mass is 413 g/mol. The minimum absolute atomic E-state index is 0.240. The van der Waals surface area contributed by atoms with E-state index in [0.29, 0.717) is 0 Å². The number of rotatable bonds is 6. The molecule has 0 amide bonds. The van der Waals surface area contributed by atoms with E-state index in [1.165, 1.54) is 21.7 Å². The highest BCUT2D eigenvalue weighted by Gasteiger charge is 2.12. The van der Waals surface area contributed by atoms with Crippen LogP contribution >= 0.6 is 11.3 Å². The molecule has 0 aliphatic rings. The molecule has 1 N–H and O–H groups in total. The first kappa shape index (κ1) is 19.9. The molecule has 0 unspecified atom stereocenters. The third kappa shape index (κ3) is 4.75. The molecule has 4 nitrogen and oxygen atoms in total.